The zero-order valence-electron chi connectivity index (χ0n) is 11.3. The first-order valence-corrected chi connectivity index (χ1v) is 6.32. The molecular weight excluding hydrogens is 224 g/mol. The van der Waals surface area contributed by atoms with Gasteiger partial charge in [-0.05, 0) is 17.0 Å². The van der Waals surface area contributed by atoms with Crippen molar-refractivity contribution in [2.45, 2.75) is 26.3 Å². The maximum atomic E-state index is 5.05. The average Bonchev–Trinajstić information content (AvgIpc) is 2.85. The summed E-state index contributed by atoms with van der Waals surface area (Å²) in [5, 5.41) is 4.34. The number of rotatable bonds is 5. The Balaban J connectivity index is 2.20. The Morgan fingerprint density at radius 3 is 2.83 bits per heavy atom. The highest BCUT2D eigenvalue weighted by atomic mass is 16.5. The number of hydrogen-bond donors (Lipinski definition) is 0. The molecule has 0 saturated heterocycles. The second-order valence-corrected chi connectivity index (χ2v) is 4.77. The van der Waals surface area contributed by atoms with E-state index in [0.717, 1.165) is 12.1 Å². The molecule has 96 valence electrons. The Bertz CT molecular complexity index is 503. The van der Waals surface area contributed by atoms with Crippen molar-refractivity contribution >= 4 is 0 Å². The fraction of sp³-hybridized carbons (Fsp3) is 0.400. The molecule has 0 aliphatic rings. The van der Waals surface area contributed by atoms with E-state index in [2.05, 4.69) is 49.4 Å². The van der Waals surface area contributed by atoms with Crippen molar-refractivity contribution in [3.8, 4) is 11.1 Å². The average molecular weight is 244 g/mol. The molecule has 0 atom stereocenters. The molecule has 0 bridgehead atoms. The first-order valence-electron chi connectivity index (χ1n) is 6.32. The number of ether oxygens (including phenoxy) is 1. The largest absolute Gasteiger partial charge is 0.383 e. The van der Waals surface area contributed by atoms with Gasteiger partial charge < -0.3 is 4.74 Å². The molecule has 1 aromatic carbocycles. The van der Waals surface area contributed by atoms with Gasteiger partial charge in [0.05, 0.1) is 19.3 Å². The monoisotopic (exact) mass is 244 g/mol. The molecule has 0 N–H and O–H groups in total. The van der Waals surface area contributed by atoms with E-state index in [1.165, 1.54) is 11.1 Å². The van der Waals surface area contributed by atoms with E-state index in [1.54, 1.807) is 7.11 Å². The van der Waals surface area contributed by atoms with Crippen LogP contribution in [-0.2, 0) is 11.3 Å². The van der Waals surface area contributed by atoms with E-state index < -0.39 is 0 Å². The molecule has 2 aromatic rings. The standard InChI is InChI=1S/C15H20N2O/c1-12(2)13-5-4-6-14(9-13)15-10-16-17(11-15)7-8-18-3/h4-6,9-12H,7-8H2,1-3H3. The van der Waals surface area contributed by atoms with E-state index in [4.69, 9.17) is 4.74 Å². The highest BCUT2D eigenvalue weighted by Gasteiger charge is 2.04. The van der Waals surface area contributed by atoms with Gasteiger partial charge in [-0.2, -0.15) is 5.10 Å². The molecule has 0 saturated carbocycles. The fourth-order valence-electron chi connectivity index (χ4n) is 1.90. The quantitative estimate of drug-likeness (QED) is 0.806. The van der Waals surface area contributed by atoms with Crippen LogP contribution in [0.15, 0.2) is 36.7 Å². The second-order valence-electron chi connectivity index (χ2n) is 4.77. The summed E-state index contributed by atoms with van der Waals surface area (Å²) in [7, 11) is 1.70. The van der Waals surface area contributed by atoms with Crippen molar-refractivity contribution in [1.29, 1.82) is 0 Å². The summed E-state index contributed by atoms with van der Waals surface area (Å²) < 4.78 is 6.97. The summed E-state index contributed by atoms with van der Waals surface area (Å²) in [5.41, 5.74) is 3.75. The molecule has 0 aliphatic carbocycles. The molecule has 1 heterocycles. The maximum absolute atomic E-state index is 5.05. The van der Waals surface area contributed by atoms with Gasteiger partial charge in [0.1, 0.15) is 0 Å². The molecule has 0 spiro atoms. The third kappa shape index (κ3) is 2.99. The number of hydrogen-bond acceptors (Lipinski definition) is 2. The van der Waals surface area contributed by atoms with Gasteiger partial charge in [0.15, 0.2) is 0 Å². The van der Waals surface area contributed by atoms with E-state index in [1.807, 2.05) is 10.9 Å². The highest BCUT2D eigenvalue weighted by Crippen LogP contribution is 2.23. The second kappa shape index (κ2) is 5.83. The van der Waals surface area contributed by atoms with Crippen LogP contribution in [0.25, 0.3) is 11.1 Å². The topological polar surface area (TPSA) is 27.1 Å². The lowest BCUT2D eigenvalue weighted by Crippen LogP contribution is -2.03. The minimum Gasteiger partial charge on any atom is -0.383 e. The summed E-state index contributed by atoms with van der Waals surface area (Å²) in [6.07, 6.45) is 3.98. The van der Waals surface area contributed by atoms with Crippen LogP contribution in [0, 0.1) is 0 Å². The summed E-state index contributed by atoms with van der Waals surface area (Å²) in [6.45, 7) is 5.90. The lowest BCUT2D eigenvalue weighted by atomic mass is 9.99. The normalized spacial score (nSPS) is 11.1. The fourth-order valence-corrected chi connectivity index (χ4v) is 1.90. The first-order chi connectivity index (χ1) is 8.70. The van der Waals surface area contributed by atoms with Crippen LogP contribution in [0.5, 0.6) is 0 Å². The van der Waals surface area contributed by atoms with Crippen molar-refractivity contribution < 1.29 is 4.74 Å². The van der Waals surface area contributed by atoms with E-state index in [-0.39, 0.29) is 0 Å². The lowest BCUT2D eigenvalue weighted by molar-refractivity contribution is 0.183. The summed E-state index contributed by atoms with van der Waals surface area (Å²) in [5.74, 6) is 0.550. The highest BCUT2D eigenvalue weighted by molar-refractivity contribution is 5.62. The summed E-state index contributed by atoms with van der Waals surface area (Å²) in [4.78, 5) is 0. The third-order valence-corrected chi connectivity index (χ3v) is 3.04. The third-order valence-electron chi connectivity index (χ3n) is 3.04. The van der Waals surface area contributed by atoms with Crippen LogP contribution >= 0.6 is 0 Å². The minimum absolute atomic E-state index is 0.550. The molecule has 0 fully saturated rings. The molecule has 0 radical (unpaired) electrons. The molecule has 1 aromatic heterocycles. The molecule has 0 unspecified atom stereocenters. The molecule has 18 heavy (non-hydrogen) atoms. The Hall–Kier alpha value is -1.61. The van der Waals surface area contributed by atoms with Crippen LogP contribution in [0.1, 0.15) is 25.3 Å². The van der Waals surface area contributed by atoms with E-state index in [0.29, 0.717) is 12.5 Å². The van der Waals surface area contributed by atoms with E-state index in [9.17, 15) is 0 Å². The van der Waals surface area contributed by atoms with Crippen LogP contribution in [0.3, 0.4) is 0 Å². The molecule has 0 aliphatic heterocycles. The zero-order chi connectivity index (χ0) is 13.0. The summed E-state index contributed by atoms with van der Waals surface area (Å²) >= 11 is 0. The van der Waals surface area contributed by atoms with Crippen molar-refractivity contribution in [1.82, 2.24) is 9.78 Å². The first kappa shape index (κ1) is 12.8. The maximum Gasteiger partial charge on any atom is 0.0658 e. The lowest BCUT2D eigenvalue weighted by Gasteiger charge is -2.06. The van der Waals surface area contributed by atoms with Gasteiger partial charge >= 0.3 is 0 Å². The smallest absolute Gasteiger partial charge is 0.0658 e. The van der Waals surface area contributed by atoms with Gasteiger partial charge in [0, 0.05) is 18.9 Å². The van der Waals surface area contributed by atoms with Crippen LogP contribution in [0.4, 0.5) is 0 Å². The number of aromatic nitrogens is 2. The van der Waals surface area contributed by atoms with Gasteiger partial charge in [0.25, 0.3) is 0 Å². The zero-order valence-corrected chi connectivity index (χ0v) is 11.3. The SMILES string of the molecule is COCCn1cc(-c2cccc(C(C)C)c2)cn1. The minimum atomic E-state index is 0.550. The predicted octanol–water partition coefficient (Wildman–Crippen LogP) is 3.32. The molecule has 3 nitrogen and oxygen atoms in total. The molecule has 0 amide bonds. The number of benzene rings is 1. The molecule has 3 heteroatoms. The van der Waals surface area contributed by atoms with Gasteiger partial charge in [-0.15, -0.1) is 0 Å². The Morgan fingerprint density at radius 2 is 2.11 bits per heavy atom. The van der Waals surface area contributed by atoms with E-state index >= 15 is 0 Å². The van der Waals surface area contributed by atoms with Crippen molar-refractivity contribution in [2.24, 2.45) is 0 Å². The van der Waals surface area contributed by atoms with Crippen molar-refractivity contribution in [2.75, 3.05) is 13.7 Å². The molecule has 2 rings (SSSR count). The van der Waals surface area contributed by atoms with Crippen LogP contribution in [0.2, 0.25) is 0 Å². The Kier molecular flexibility index (Phi) is 4.15. The van der Waals surface area contributed by atoms with Crippen LogP contribution in [-0.4, -0.2) is 23.5 Å². The van der Waals surface area contributed by atoms with Gasteiger partial charge in [-0.3, -0.25) is 4.68 Å². The van der Waals surface area contributed by atoms with Gasteiger partial charge in [-0.1, -0.05) is 38.1 Å². The predicted molar refractivity (Wildman–Crippen MR) is 73.6 cm³/mol. The molecular formula is C15H20N2O. The van der Waals surface area contributed by atoms with Gasteiger partial charge in [-0.25, -0.2) is 0 Å². The Morgan fingerprint density at radius 1 is 1.28 bits per heavy atom. The number of methoxy groups -OCH3 is 1. The van der Waals surface area contributed by atoms with Gasteiger partial charge in [0.2, 0.25) is 0 Å². The van der Waals surface area contributed by atoms with Crippen molar-refractivity contribution in [3.05, 3.63) is 42.2 Å². The van der Waals surface area contributed by atoms with Crippen LogP contribution < -0.4 is 0 Å². The number of nitrogens with zero attached hydrogens (tertiary/aromatic N) is 2. The summed E-state index contributed by atoms with van der Waals surface area (Å²) in [6, 6.07) is 8.65. The Labute approximate surface area is 108 Å². The van der Waals surface area contributed by atoms with Crippen molar-refractivity contribution in [3.63, 3.8) is 0 Å².